The predicted octanol–water partition coefficient (Wildman–Crippen LogP) is 0.506. The molecule has 0 radical (unpaired) electrons. The smallest absolute Gasteiger partial charge is 0.245 e. The molecule has 0 spiro atoms. The summed E-state index contributed by atoms with van der Waals surface area (Å²) in [7, 11) is 3.23. The van der Waals surface area contributed by atoms with Gasteiger partial charge in [0.05, 0.1) is 13.3 Å². The number of likely N-dealkylation sites (N-methyl/N-ethyl adjacent to an activating group) is 1. The maximum atomic E-state index is 12.6. The third kappa shape index (κ3) is 4.18. The van der Waals surface area contributed by atoms with Crippen molar-refractivity contribution in [2.45, 2.75) is 24.9 Å². The van der Waals surface area contributed by atoms with Gasteiger partial charge in [-0.25, -0.2) is 4.68 Å². The molecule has 2 N–H and O–H groups in total. The number of carbonyl (C=O) groups is 2. The number of methoxy groups -OCH3 is 1. The standard InChI is InChI=1S/C18H24N6O3/c1-19-17(26)18(21-14-4-3-5-15(12-14)27-2)6-9-23(10-7-18)16(25)13-24-11-8-20-22-24/h3-5,8,11-12,21H,6-7,9-10,13H2,1-2H3,(H,19,26). The molecule has 3 rings (SSSR count). The Balaban J connectivity index is 1.69. The first-order valence-electron chi connectivity index (χ1n) is 8.82. The average molecular weight is 372 g/mol. The molecule has 0 bridgehead atoms. The Morgan fingerprint density at radius 1 is 1.30 bits per heavy atom. The molecule has 144 valence electrons. The lowest BCUT2D eigenvalue weighted by molar-refractivity contribution is -0.136. The highest BCUT2D eigenvalue weighted by molar-refractivity contribution is 5.90. The maximum Gasteiger partial charge on any atom is 0.245 e. The Morgan fingerprint density at radius 2 is 2.07 bits per heavy atom. The quantitative estimate of drug-likeness (QED) is 0.766. The van der Waals surface area contributed by atoms with Crippen LogP contribution in [0.4, 0.5) is 5.69 Å². The van der Waals surface area contributed by atoms with Crippen LogP contribution in [0.2, 0.25) is 0 Å². The Bertz CT molecular complexity index is 784. The van der Waals surface area contributed by atoms with Crippen molar-refractivity contribution in [1.82, 2.24) is 25.2 Å². The molecular formula is C18H24N6O3. The Kier molecular flexibility index (Phi) is 5.58. The van der Waals surface area contributed by atoms with Gasteiger partial charge in [-0.05, 0) is 25.0 Å². The van der Waals surface area contributed by atoms with Gasteiger partial charge < -0.3 is 20.3 Å². The topological polar surface area (TPSA) is 101 Å². The van der Waals surface area contributed by atoms with Crippen LogP contribution in [0.15, 0.2) is 36.7 Å². The van der Waals surface area contributed by atoms with E-state index in [0.717, 1.165) is 5.69 Å². The number of ether oxygens (including phenoxy) is 1. The van der Waals surface area contributed by atoms with Crippen molar-refractivity contribution in [3.8, 4) is 5.75 Å². The van der Waals surface area contributed by atoms with Crippen molar-refractivity contribution < 1.29 is 14.3 Å². The molecule has 2 amide bonds. The molecule has 1 aromatic carbocycles. The average Bonchev–Trinajstić information content (AvgIpc) is 3.21. The van der Waals surface area contributed by atoms with Crippen molar-refractivity contribution in [3.63, 3.8) is 0 Å². The first kappa shape index (κ1) is 18.7. The van der Waals surface area contributed by atoms with E-state index in [9.17, 15) is 9.59 Å². The van der Waals surface area contributed by atoms with Crippen molar-refractivity contribution in [1.29, 1.82) is 0 Å². The number of anilines is 1. The molecular weight excluding hydrogens is 348 g/mol. The van der Waals surface area contributed by atoms with Crippen LogP contribution >= 0.6 is 0 Å². The van der Waals surface area contributed by atoms with E-state index in [-0.39, 0.29) is 18.4 Å². The maximum absolute atomic E-state index is 12.6. The number of amides is 2. The van der Waals surface area contributed by atoms with Crippen LogP contribution < -0.4 is 15.4 Å². The highest BCUT2D eigenvalue weighted by Gasteiger charge is 2.41. The second-order valence-corrected chi connectivity index (χ2v) is 6.50. The number of likely N-dealkylation sites (tertiary alicyclic amines) is 1. The highest BCUT2D eigenvalue weighted by Crippen LogP contribution is 2.29. The van der Waals surface area contributed by atoms with Gasteiger partial charge in [-0.3, -0.25) is 9.59 Å². The van der Waals surface area contributed by atoms with Crippen LogP contribution in [0.5, 0.6) is 5.75 Å². The van der Waals surface area contributed by atoms with Gasteiger partial charge in [0.25, 0.3) is 0 Å². The molecule has 0 saturated carbocycles. The van der Waals surface area contributed by atoms with Crippen LogP contribution in [0.3, 0.4) is 0 Å². The molecule has 0 aliphatic carbocycles. The third-order valence-corrected chi connectivity index (χ3v) is 4.85. The zero-order chi connectivity index (χ0) is 19.3. The van der Waals surface area contributed by atoms with Gasteiger partial charge in [0.2, 0.25) is 11.8 Å². The molecule has 2 aromatic rings. The third-order valence-electron chi connectivity index (χ3n) is 4.85. The summed E-state index contributed by atoms with van der Waals surface area (Å²) in [6.07, 6.45) is 4.21. The van der Waals surface area contributed by atoms with E-state index in [2.05, 4.69) is 20.9 Å². The van der Waals surface area contributed by atoms with E-state index >= 15 is 0 Å². The number of carbonyl (C=O) groups excluding carboxylic acids is 2. The second kappa shape index (κ2) is 8.07. The number of rotatable bonds is 6. The summed E-state index contributed by atoms with van der Waals surface area (Å²) in [5, 5.41) is 13.6. The van der Waals surface area contributed by atoms with Crippen molar-refractivity contribution in [3.05, 3.63) is 36.7 Å². The summed E-state index contributed by atoms with van der Waals surface area (Å²) in [4.78, 5) is 26.9. The van der Waals surface area contributed by atoms with E-state index in [1.807, 2.05) is 24.3 Å². The molecule has 9 nitrogen and oxygen atoms in total. The van der Waals surface area contributed by atoms with Gasteiger partial charge in [-0.1, -0.05) is 11.3 Å². The molecule has 1 saturated heterocycles. The number of hydrogen-bond donors (Lipinski definition) is 2. The number of hydrogen-bond acceptors (Lipinski definition) is 6. The molecule has 27 heavy (non-hydrogen) atoms. The van der Waals surface area contributed by atoms with Crippen LogP contribution in [0, 0.1) is 0 Å². The fourth-order valence-electron chi connectivity index (χ4n) is 3.32. The largest absolute Gasteiger partial charge is 0.497 e. The Hall–Kier alpha value is -3.10. The van der Waals surface area contributed by atoms with E-state index in [1.165, 1.54) is 10.9 Å². The van der Waals surface area contributed by atoms with Crippen molar-refractivity contribution in [2.24, 2.45) is 0 Å². The summed E-state index contributed by atoms with van der Waals surface area (Å²) >= 11 is 0. The van der Waals surface area contributed by atoms with E-state index < -0.39 is 5.54 Å². The molecule has 0 unspecified atom stereocenters. The van der Waals surface area contributed by atoms with Crippen LogP contribution in [0.1, 0.15) is 12.8 Å². The zero-order valence-electron chi connectivity index (χ0n) is 15.5. The minimum absolute atomic E-state index is 0.0348. The summed E-state index contributed by atoms with van der Waals surface area (Å²) in [5.41, 5.74) is 0.0332. The van der Waals surface area contributed by atoms with Crippen LogP contribution in [0.25, 0.3) is 0 Å². The number of benzene rings is 1. The monoisotopic (exact) mass is 372 g/mol. The summed E-state index contributed by atoms with van der Waals surface area (Å²) in [6.45, 7) is 1.12. The minimum atomic E-state index is -0.773. The first-order chi connectivity index (χ1) is 13.1. The zero-order valence-corrected chi connectivity index (χ0v) is 15.5. The van der Waals surface area contributed by atoms with E-state index in [4.69, 9.17) is 4.74 Å². The molecule has 9 heteroatoms. The van der Waals surface area contributed by atoms with E-state index in [1.54, 1.807) is 25.3 Å². The second-order valence-electron chi connectivity index (χ2n) is 6.50. The number of aromatic nitrogens is 3. The fraction of sp³-hybridized carbons (Fsp3) is 0.444. The first-order valence-corrected chi connectivity index (χ1v) is 8.82. The molecule has 1 fully saturated rings. The highest BCUT2D eigenvalue weighted by atomic mass is 16.5. The number of nitrogens with one attached hydrogen (secondary N) is 2. The van der Waals surface area contributed by atoms with Gasteiger partial charge in [-0.2, -0.15) is 0 Å². The lowest BCUT2D eigenvalue weighted by Crippen LogP contribution is -2.58. The van der Waals surface area contributed by atoms with Crippen LogP contribution in [-0.4, -0.2) is 64.5 Å². The van der Waals surface area contributed by atoms with Crippen LogP contribution in [-0.2, 0) is 16.1 Å². The molecule has 1 aliphatic heterocycles. The summed E-state index contributed by atoms with van der Waals surface area (Å²) in [6, 6.07) is 7.47. The lowest BCUT2D eigenvalue weighted by Gasteiger charge is -2.41. The Morgan fingerprint density at radius 3 is 2.70 bits per heavy atom. The van der Waals surface area contributed by atoms with Gasteiger partial charge in [0.1, 0.15) is 17.8 Å². The predicted molar refractivity (Wildman–Crippen MR) is 99.3 cm³/mol. The SMILES string of the molecule is CNC(=O)C1(Nc2cccc(OC)c2)CCN(C(=O)Cn2ccnn2)CC1. The summed E-state index contributed by atoms with van der Waals surface area (Å²) in [5.74, 6) is 0.591. The molecule has 1 aromatic heterocycles. The number of nitrogens with zero attached hydrogens (tertiary/aromatic N) is 4. The number of piperidine rings is 1. The lowest BCUT2D eigenvalue weighted by atomic mass is 9.86. The van der Waals surface area contributed by atoms with Gasteiger partial charge >= 0.3 is 0 Å². The molecule has 0 atom stereocenters. The van der Waals surface area contributed by atoms with Crippen molar-refractivity contribution >= 4 is 17.5 Å². The normalized spacial score (nSPS) is 15.9. The van der Waals surface area contributed by atoms with Gasteiger partial charge in [0, 0.05) is 38.1 Å². The Labute approximate surface area is 157 Å². The fourth-order valence-corrected chi connectivity index (χ4v) is 3.32. The molecule has 2 heterocycles. The molecule has 1 aliphatic rings. The summed E-state index contributed by atoms with van der Waals surface area (Å²) < 4.78 is 6.75. The van der Waals surface area contributed by atoms with Gasteiger partial charge in [0.15, 0.2) is 0 Å². The van der Waals surface area contributed by atoms with Gasteiger partial charge in [-0.15, -0.1) is 5.10 Å². The van der Waals surface area contributed by atoms with Crippen molar-refractivity contribution in [2.75, 3.05) is 32.6 Å². The minimum Gasteiger partial charge on any atom is -0.497 e. The van der Waals surface area contributed by atoms with E-state index in [0.29, 0.717) is 31.7 Å².